The van der Waals surface area contributed by atoms with E-state index in [-0.39, 0.29) is 6.42 Å². The van der Waals surface area contributed by atoms with Gasteiger partial charge in [0.05, 0.1) is 12.6 Å². The standard InChI is InChI=1S/C13H15F5N2O2/c1-2-7(6-21)19-12(22)20-11(13(16,17)18)8-4-3-5-9(14)10(8)15/h3-5,7,11,21H,2,6H2,1H3,(H2,19,20,22)/t7-,11?/m1/s1. The fraction of sp³-hybridized carbons (Fsp3) is 0.462. The van der Waals surface area contributed by atoms with Crippen LogP contribution in [0.5, 0.6) is 0 Å². The zero-order valence-electron chi connectivity index (χ0n) is 11.5. The van der Waals surface area contributed by atoms with Gasteiger partial charge in [0.25, 0.3) is 0 Å². The third-order valence-corrected chi connectivity index (χ3v) is 2.94. The first kappa shape index (κ1) is 18.1. The fourth-order valence-electron chi connectivity index (χ4n) is 1.71. The molecule has 1 unspecified atom stereocenters. The lowest BCUT2D eigenvalue weighted by atomic mass is 10.1. The summed E-state index contributed by atoms with van der Waals surface area (Å²) in [5, 5.41) is 12.5. The minimum Gasteiger partial charge on any atom is -0.394 e. The molecule has 2 atom stereocenters. The topological polar surface area (TPSA) is 61.4 Å². The minimum atomic E-state index is -5.02. The van der Waals surface area contributed by atoms with Gasteiger partial charge in [-0.1, -0.05) is 19.1 Å². The summed E-state index contributed by atoms with van der Waals surface area (Å²) >= 11 is 0. The van der Waals surface area contributed by atoms with Crippen LogP contribution in [0.4, 0.5) is 26.7 Å². The third-order valence-electron chi connectivity index (χ3n) is 2.94. The maximum Gasteiger partial charge on any atom is 0.413 e. The molecule has 0 spiro atoms. The molecule has 0 saturated carbocycles. The minimum absolute atomic E-state index is 0.287. The second-order valence-electron chi connectivity index (χ2n) is 4.52. The summed E-state index contributed by atoms with van der Waals surface area (Å²) in [6, 6.07) is -2.38. The summed E-state index contributed by atoms with van der Waals surface area (Å²) in [6.45, 7) is 1.14. The number of carbonyl (C=O) groups is 1. The summed E-state index contributed by atoms with van der Waals surface area (Å²) in [6.07, 6.45) is -4.73. The molecule has 2 amide bonds. The molecule has 1 rings (SSSR count). The smallest absolute Gasteiger partial charge is 0.394 e. The Hall–Kier alpha value is -1.90. The van der Waals surface area contributed by atoms with E-state index in [1.54, 1.807) is 12.2 Å². The first-order chi connectivity index (χ1) is 10.2. The number of urea groups is 1. The lowest BCUT2D eigenvalue weighted by Crippen LogP contribution is -2.48. The average Bonchev–Trinajstić information content (AvgIpc) is 2.44. The molecule has 0 bridgehead atoms. The van der Waals surface area contributed by atoms with Crippen LogP contribution in [-0.4, -0.2) is 30.0 Å². The Bertz CT molecular complexity index is 518. The van der Waals surface area contributed by atoms with E-state index in [1.807, 2.05) is 0 Å². The van der Waals surface area contributed by atoms with Crippen molar-refractivity contribution in [2.45, 2.75) is 31.6 Å². The lowest BCUT2D eigenvalue weighted by molar-refractivity contribution is -0.155. The molecule has 0 radical (unpaired) electrons. The maximum atomic E-state index is 13.5. The van der Waals surface area contributed by atoms with Crippen molar-refractivity contribution in [3.8, 4) is 0 Å². The van der Waals surface area contributed by atoms with E-state index in [0.717, 1.165) is 12.1 Å². The molecule has 9 heteroatoms. The molecule has 3 N–H and O–H groups in total. The van der Waals surface area contributed by atoms with Crippen LogP contribution in [0.3, 0.4) is 0 Å². The second kappa shape index (κ2) is 7.39. The van der Waals surface area contributed by atoms with Gasteiger partial charge >= 0.3 is 12.2 Å². The second-order valence-corrected chi connectivity index (χ2v) is 4.52. The van der Waals surface area contributed by atoms with Crippen LogP contribution in [0.2, 0.25) is 0 Å². The molecule has 22 heavy (non-hydrogen) atoms. The Morgan fingerprint density at radius 3 is 2.41 bits per heavy atom. The Morgan fingerprint density at radius 2 is 1.91 bits per heavy atom. The molecule has 0 fully saturated rings. The van der Waals surface area contributed by atoms with E-state index >= 15 is 0 Å². The number of nitrogens with one attached hydrogen (secondary N) is 2. The highest BCUT2D eigenvalue weighted by atomic mass is 19.4. The number of hydrogen-bond acceptors (Lipinski definition) is 2. The predicted molar refractivity (Wildman–Crippen MR) is 68.0 cm³/mol. The summed E-state index contributed by atoms with van der Waals surface area (Å²) in [7, 11) is 0. The normalized spacial score (nSPS) is 14.3. The Kier molecular flexibility index (Phi) is 6.10. The van der Waals surface area contributed by atoms with E-state index < -0.39 is 48.1 Å². The van der Waals surface area contributed by atoms with Gasteiger partial charge in [-0.2, -0.15) is 13.2 Å². The van der Waals surface area contributed by atoms with Crippen molar-refractivity contribution < 1.29 is 31.9 Å². The zero-order valence-corrected chi connectivity index (χ0v) is 11.5. The van der Waals surface area contributed by atoms with Crippen LogP contribution >= 0.6 is 0 Å². The fourth-order valence-corrected chi connectivity index (χ4v) is 1.71. The number of aliphatic hydroxyl groups is 1. The molecule has 0 aromatic heterocycles. The van der Waals surface area contributed by atoms with Crippen molar-refractivity contribution in [2.75, 3.05) is 6.61 Å². The molecule has 124 valence electrons. The summed E-state index contributed by atoms with van der Waals surface area (Å²) < 4.78 is 65.6. The highest BCUT2D eigenvalue weighted by Gasteiger charge is 2.43. The van der Waals surface area contributed by atoms with Gasteiger partial charge in [-0.3, -0.25) is 0 Å². The van der Waals surface area contributed by atoms with Crippen LogP contribution in [0.15, 0.2) is 18.2 Å². The van der Waals surface area contributed by atoms with Gasteiger partial charge < -0.3 is 15.7 Å². The Morgan fingerprint density at radius 1 is 1.27 bits per heavy atom. The van der Waals surface area contributed by atoms with Gasteiger partial charge in [0, 0.05) is 5.56 Å². The molecule has 0 aliphatic heterocycles. The van der Waals surface area contributed by atoms with Crippen molar-refractivity contribution >= 4 is 6.03 Å². The Balaban J connectivity index is 3.01. The molecule has 1 aromatic rings. The van der Waals surface area contributed by atoms with Gasteiger partial charge in [0.1, 0.15) is 0 Å². The van der Waals surface area contributed by atoms with Crippen LogP contribution in [-0.2, 0) is 0 Å². The highest BCUT2D eigenvalue weighted by Crippen LogP contribution is 2.34. The van der Waals surface area contributed by atoms with Gasteiger partial charge in [0.15, 0.2) is 17.7 Å². The monoisotopic (exact) mass is 326 g/mol. The van der Waals surface area contributed by atoms with E-state index in [2.05, 4.69) is 5.32 Å². The van der Waals surface area contributed by atoms with Crippen LogP contribution in [0.1, 0.15) is 24.9 Å². The van der Waals surface area contributed by atoms with Crippen LogP contribution < -0.4 is 10.6 Å². The van der Waals surface area contributed by atoms with Gasteiger partial charge in [-0.25, -0.2) is 13.6 Å². The number of hydrogen-bond donors (Lipinski definition) is 3. The van der Waals surface area contributed by atoms with Crippen molar-refractivity contribution in [1.82, 2.24) is 10.6 Å². The molecular weight excluding hydrogens is 311 g/mol. The number of carbonyl (C=O) groups excluding carboxylic acids is 1. The van der Waals surface area contributed by atoms with Crippen LogP contribution in [0.25, 0.3) is 0 Å². The molecule has 0 aliphatic rings. The molecule has 1 aromatic carbocycles. The van der Waals surface area contributed by atoms with E-state index in [0.29, 0.717) is 6.07 Å². The van der Waals surface area contributed by atoms with Crippen molar-refractivity contribution in [3.05, 3.63) is 35.4 Å². The Labute approximate surface area is 123 Å². The number of amides is 2. The van der Waals surface area contributed by atoms with Crippen LogP contribution in [0, 0.1) is 11.6 Å². The predicted octanol–water partition coefficient (Wildman–Crippen LogP) is 2.64. The quantitative estimate of drug-likeness (QED) is 0.729. The summed E-state index contributed by atoms with van der Waals surface area (Å²) in [5.41, 5.74) is -1.03. The van der Waals surface area contributed by atoms with E-state index in [9.17, 15) is 26.7 Å². The summed E-state index contributed by atoms with van der Waals surface area (Å²) in [5.74, 6) is -3.13. The van der Waals surface area contributed by atoms with Gasteiger partial charge in [-0.05, 0) is 12.5 Å². The molecule has 0 heterocycles. The number of halogens is 5. The molecular formula is C13H15F5N2O2. The summed E-state index contributed by atoms with van der Waals surface area (Å²) in [4.78, 5) is 11.5. The first-order valence-electron chi connectivity index (χ1n) is 6.39. The maximum absolute atomic E-state index is 13.5. The average molecular weight is 326 g/mol. The molecule has 0 saturated heterocycles. The van der Waals surface area contributed by atoms with Gasteiger partial charge in [-0.15, -0.1) is 0 Å². The number of alkyl halides is 3. The number of rotatable bonds is 5. The lowest BCUT2D eigenvalue weighted by Gasteiger charge is -2.24. The van der Waals surface area contributed by atoms with Crippen molar-refractivity contribution in [3.63, 3.8) is 0 Å². The number of benzene rings is 1. The highest BCUT2D eigenvalue weighted by molar-refractivity contribution is 5.75. The van der Waals surface area contributed by atoms with Crippen molar-refractivity contribution in [2.24, 2.45) is 0 Å². The van der Waals surface area contributed by atoms with Crippen molar-refractivity contribution in [1.29, 1.82) is 0 Å². The zero-order chi connectivity index (χ0) is 16.9. The third kappa shape index (κ3) is 4.55. The molecule has 0 aliphatic carbocycles. The largest absolute Gasteiger partial charge is 0.413 e. The molecule has 4 nitrogen and oxygen atoms in total. The number of aliphatic hydroxyl groups excluding tert-OH is 1. The van der Waals surface area contributed by atoms with E-state index in [1.165, 1.54) is 0 Å². The van der Waals surface area contributed by atoms with Gasteiger partial charge in [0.2, 0.25) is 0 Å². The first-order valence-corrected chi connectivity index (χ1v) is 6.39. The van der Waals surface area contributed by atoms with E-state index in [4.69, 9.17) is 5.11 Å². The SMILES string of the molecule is CC[C@H](CO)NC(=O)NC(c1cccc(F)c1F)C(F)(F)F.